The van der Waals surface area contributed by atoms with Crippen molar-refractivity contribution in [2.24, 2.45) is 23.2 Å². The second-order valence-electron chi connectivity index (χ2n) is 19.5. The van der Waals surface area contributed by atoms with Crippen LogP contribution in [0.1, 0.15) is 119 Å². The first kappa shape index (κ1) is 50.3. The number of nitrogens with one attached hydrogen (secondary N) is 8. The molecular weight excluding hydrogens is 869 g/mol. The predicted molar refractivity (Wildman–Crippen MR) is 254 cm³/mol. The Hall–Kier alpha value is -7.08. The minimum Gasteiger partial charge on any atom is -0.496 e. The van der Waals surface area contributed by atoms with E-state index in [0.29, 0.717) is 66.9 Å². The number of H-pyrrole nitrogens is 2. The van der Waals surface area contributed by atoms with Gasteiger partial charge in [0.15, 0.2) is 0 Å². The zero-order valence-electron chi connectivity index (χ0n) is 39.9. The Labute approximate surface area is 396 Å². The molecule has 18 nitrogen and oxygen atoms in total. The molecule has 4 aromatic rings. The number of carbonyl (C=O) groups is 6. The summed E-state index contributed by atoms with van der Waals surface area (Å²) in [6.07, 6.45) is 2.52. The van der Waals surface area contributed by atoms with Crippen LogP contribution in [-0.4, -0.2) is 96.4 Å². The molecule has 2 aromatic carbocycles. The zero-order chi connectivity index (χ0) is 49.3. The van der Waals surface area contributed by atoms with Gasteiger partial charge in [-0.2, -0.15) is 10.5 Å². The fraction of sp³-hybridized carbons (Fsp3) is 0.520. The van der Waals surface area contributed by atoms with E-state index in [-0.39, 0.29) is 59.7 Å². The van der Waals surface area contributed by atoms with Crippen molar-refractivity contribution in [2.75, 3.05) is 26.8 Å². The molecule has 68 heavy (non-hydrogen) atoms. The summed E-state index contributed by atoms with van der Waals surface area (Å²) in [5.41, 5.74) is 2.13. The Kier molecular flexibility index (Phi) is 16.4. The molecule has 2 fully saturated rings. The lowest BCUT2D eigenvalue weighted by molar-refractivity contribution is -0.128. The van der Waals surface area contributed by atoms with Crippen LogP contribution in [-0.2, 0) is 19.2 Å². The summed E-state index contributed by atoms with van der Waals surface area (Å²) in [6, 6.07) is 12.8. The van der Waals surface area contributed by atoms with E-state index < -0.39 is 59.6 Å². The SMILES string of the molecule is CCOc1cccc2[nH]c(C(=O)N[C@@H](CC(C)C)C(=O)N[C@H](C#N)C[C@@H]3CC(c4cc(OC)c5cc(C(=O)N[C@@H](CC(C)(C)C)C(=O)N[C@H](C#N)C[C@@H]6CCCNC6=O)[nH]c5c4)CNC3=O)cc12. The van der Waals surface area contributed by atoms with E-state index in [1.54, 1.807) is 12.1 Å². The molecule has 4 heterocycles. The van der Waals surface area contributed by atoms with Crippen molar-refractivity contribution in [3.63, 3.8) is 0 Å². The summed E-state index contributed by atoms with van der Waals surface area (Å²) in [7, 11) is 1.51. The highest BCUT2D eigenvalue weighted by Crippen LogP contribution is 2.36. The quantitative estimate of drug-likeness (QED) is 0.0625. The Morgan fingerprint density at radius 2 is 1.40 bits per heavy atom. The van der Waals surface area contributed by atoms with E-state index in [1.807, 2.05) is 71.9 Å². The van der Waals surface area contributed by atoms with Crippen molar-refractivity contribution in [1.29, 1.82) is 10.5 Å². The van der Waals surface area contributed by atoms with Crippen LogP contribution >= 0.6 is 0 Å². The van der Waals surface area contributed by atoms with Crippen LogP contribution in [0.4, 0.5) is 0 Å². The molecule has 0 bridgehead atoms. The highest BCUT2D eigenvalue weighted by Gasteiger charge is 2.35. The first-order chi connectivity index (χ1) is 32.4. The molecule has 0 spiro atoms. The van der Waals surface area contributed by atoms with Gasteiger partial charge in [-0.25, -0.2) is 0 Å². The van der Waals surface area contributed by atoms with Crippen LogP contribution in [0.2, 0.25) is 0 Å². The molecule has 362 valence electrons. The molecule has 2 aliphatic heterocycles. The molecule has 2 aliphatic rings. The maximum Gasteiger partial charge on any atom is 0.268 e. The summed E-state index contributed by atoms with van der Waals surface area (Å²) < 4.78 is 11.5. The normalized spacial score (nSPS) is 19.1. The Morgan fingerprint density at radius 1 is 0.794 bits per heavy atom. The maximum absolute atomic E-state index is 13.9. The van der Waals surface area contributed by atoms with Crippen molar-refractivity contribution in [1.82, 2.24) is 41.9 Å². The number of benzene rings is 2. The predicted octanol–water partition coefficient (Wildman–Crippen LogP) is 4.98. The number of rotatable bonds is 19. The first-order valence-corrected chi connectivity index (χ1v) is 23.4. The largest absolute Gasteiger partial charge is 0.496 e. The van der Waals surface area contributed by atoms with Crippen molar-refractivity contribution in [3.05, 3.63) is 59.4 Å². The third-order valence-corrected chi connectivity index (χ3v) is 12.4. The van der Waals surface area contributed by atoms with Crippen molar-refractivity contribution >= 4 is 57.2 Å². The number of carbonyl (C=O) groups excluding carboxylic acids is 6. The molecule has 0 saturated carbocycles. The number of amides is 6. The molecular formula is C50H64N10O8. The van der Waals surface area contributed by atoms with Crippen molar-refractivity contribution in [2.45, 2.75) is 117 Å². The van der Waals surface area contributed by atoms with E-state index in [1.165, 1.54) is 7.11 Å². The van der Waals surface area contributed by atoms with Gasteiger partial charge < -0.3 is 51.3 Å². The third kappa shape index (κ3) is 12.7. The number of fused-ring (bicyclic) bond motifs is 2. The van der Waals surface area contributed by atoms with Gasteiger partial charge in [-0.3, -0.25) is 28.8 Å². The number of aromatic amines is 2. The Balaban J connectivity index is 1.12. The van der Waals surface area contributed by atoms with E-state index in [0.717, 1.165) is 17.4 Å². The minimum atomic E-state index is -1.04. The number of hydrogen-bond acceptors (Lipinski definition) is 10. The highest BCUT2D eigenvalue weighted by molar-refractivity contribution is 6.03. The van der Waals surface area contributed by atoms with Gasteiger partial charge in [0, 0.05) is 47.1 Å². The minimum absolute atomic E-state index is 0.0203. The topological polar surface area (TPSA) is 272 Å². The van der Waals surface area contributed by atoms with Gasteiger partial charge >= 0.3 is 0 Å². The van der Waals surface area contributed by atoms with Crippen LogP contribution in [0.15, 0.2) is 42.5 Å². The van der Waals surface area contributed by atoms with Crippen molar-refractivity contribution in [3.8, 4) is 23.6 Å². The summed E-state index contributed by atoms with van der Waals surface area (Å²) in [5, 5.41) is 38.5. The zero-order valence-corrected chi connectivity index (χ0v) is 39.9. The van der Waals surface area contributed by atoms with Crippen LogP contribution in [0.3, 0.4) is 0 Å². The molecule has 0 radical (unpaired) electrons. The standard InChI is InChI=1S/C50H64N10O8/c1-8-68-42-13-9-12-36-34(42)21-39(57-36)47(64)59-38(15-27(2)3)46(63)55-33(25-52)18-30-16-31(26-54-45(30)62)29-19-37-35(43(20-29)67-7)22-40(58-37)48(65)60-41(23-50(4,5)6)49(66)56-32(24-51)17-28-11-10-14-53-44(28)61/h9,12-13,19-22,27-28,30-33,38,41,57-58H,8,10-11,14-18,23,26H2,1-7H3,(H,53,61)(H,54,62)(H,55,63)(H,56,66)(H,59,64)(H,60,65)/t28-,30-,31?,32-,33-,38-,41-/m0/s1. The second kappa shape index (κ2) is 22.1. The number of aromatic nitrogens is 2. The number of nitrogens with zero attached hydrogens (tertiary/aromatic N) is 2. The third-order valence-electron chi connectivity index (χ3n) is 12.4. The lowest BCUT2D eigenvalue weighted by atomic mass is 9.82. The lowest BCUT2D eigenvalue weighted by Crippen LogP contribution is -2.51. The Bertz CT molecular complexity index is 2600. The van der Waals surface area contributed by atoms with Gasteiger partial charge in [-0.15, -0.1) is 0 Å². The molecule has 6 rings (SSSR count). The monoisotopic (exact) mass is 932 g/mol. The van der Waals surface area contributed by atoms with Gasteiger partial charge in [0.05, 0.1) is 31.4 Å². The molecule has 2 aromatic heterocycles. The van der Waals surface area contributed by atoms with Crippen LogP contribution in [0.5, 0.6) is 11.5 Å². The summed E-state index contributed by atoms with van der Waals surface area (Å²) in [6.45, 7) is 12.9. The molecule has 7 atom stereocenters. The number of piperidine rings is 2. The average molecular weight is 933 g/mol. The van der Waals surface area contributed by atoms with Gasteiger partial charge in [-0.1, -0.05) is 40.7 Å². The molecule has 6 amide bonds. The fourth-order valence-electron chi connectivity index (χ4n) is 9.10. The maximum atomic E-state index is 13.9. The van der Waals surface area contributed by atoms with Gasteiger partial charge in [0.1, 0.15) is 47.1 Å². The molecule has 8 N–H and O–H groups in total. The fourth-order valence-corrected chi connectivity index (χ4v) is 9.10. The van der Waals surface area contributed by atoms with Crippen LogP contribution in [0, 0.1) is 45.8 Å². The van der Waals surface area contributed by atoms with E-state index >= 15 is 0 Å². The second-order valence-corrected chi connectivity index (χ2v) is 19.5. The van der Waals surface area contributed by atoms with Gasteiger partial charge in [0.25, 0.3) is 11.8 Å². The first-order valence-electron chi connectivity index (χ1n) is 23.4. The summed E-state index contributed by atoms with van der Waals surface area (Å²) in [4.78, 5) is 86.8. The lowest BCUT2D eigenvalue weighted by Gasteiger charge is -2.31. The number of nitriles is 2. The summed E-state index contributed by atoms with van der Waals surface area (Å²) >= 11 is 0. The van der Waals surface area contributed by atoms with Crippen molar-refractivity contribution < 1.29 is 38.2 Å². The molecule has 1 unspecified atom stereocenters. The number of ether oxygens (including phenoxy) is 2. The van der Waals surface area contributed by atoms with E-state index in [4.69, 9.17) is 9.47 Å². The molecule has 2 saturated heterocycles. The molecule has 0 aliphatic carbocycles. The Morgan fingerprint density at radius 3 is 2.00 bits per heavy atom. The van der Waals surface area contributed by atoms with E-state index in [9.17, 15) is 39.3 Å². The van der Waals surface area contributed by atoms with Crippen LogP contribution < -0.4 is 41.4 Å². The molecule has 18 heteroatoms. The number of methoxy groups -OCH3 is 1. The van der Waals surface area contributed by atoms with Gasteiger partial charge in [-0.05, 0) is 105 Å². The van der Waals surface area contributed by atoms with E-state index in [2.05, 4.69) is 54.0 Å². The summed E-state index contributed by atoms with van der Waals surface area (Å²) in [5.74, 6) is -2.66. The highest BCUT2D eigenvalue weighted by atomic mass is 16.5. The smallest absolute Gasteiger partial charge is 0.268 e. The van der Waals surface area contributed by atoms with Gasteiger partial charge in [0.2, 0.25) is 23.6 Å². The number of hydrogen-bond donors (Lipinski definition) is 8. The average Bonchev–Trinajstić information content (AvgIpc) is 3.95. The van der Waals surface area contributed by atoms with Crippen LogP contribution in [0.25, 0.3) is 21.8 Å².